The molecule has 10 nitrogen and oxygen atoms in total. The zero-order valence-corrected chi connectivity index (χ0v) is 27.6. The zero-order chi connectivity index (χ0) is 33.0. The minimum atomic E-state index is -2.34. The van der Waals surface area contributed by atoms with E-state index in [0.29, 0.717) is 72.7 Å². The summed E-state index contributed by atoms with van der Waals surface area (Å²) in [5, 5.41) is 0. The highest BCUT2D eigenvalue weighted by molar-refractivity contribution is 14.1. The Kier molecular flexibility index (Phi) is 26.9. The molecule has 0 amide bonds. The number of esters is 1. The van der Waals surface area contributed by atoms with Gasteiger partial charge in [0.25, 0.3) is 0 Å². The van der Waals surface area contributed by atoms with Crippen molar-refractivity contribution in [2.24, 2.45) is 0 Å². The Balaban J connectivity index is 1.78. The van der Waals surface area contributed by atoms with Crippen LogP contribution in [0.3, 0.4) is 0 Å². The van der Waals surface area contributed by atoms with Gasteiger partial charge in [0.15, 0.2) is 0 Å². The highest BCUT2D eigenvalue weighted by Crippen LogP contribution is 2.29. The molecule has 1 aromatic carbocycles. The summed E-state index contributed by atoms with van der Waals surface area (Å²) in [6.07, 6.45) is 4.38. The summed E-state index contributed by atoms with van der Waals surface area (Å²) in [7, 11) is 0. The first kappa shape index (κ1) is 41.8. The van der Waals surface area contributed by atoms with Crippen molar-refractivity contribution in [2.75, 3.05) is 110 Å². The van der Waals surface area contributed by atoms with Crippen LogP contribution in [-0.4, -0.2) is 116 Å². The number of carbonyl (C=O) groups excluding carboxylic acids is 1. The lowest BCUT2D eigenvalue weighted by atomic mass is 10.2. The lowest BCUT2D eigenvalue weighted by molar-refractivity contribution is -0.136. The van der Waals surface area contributed by atoms with Gasteiger partial charge in [-0.3, -0.25) is 4.79 Å². The number of alkyl halides is 1. The van der Waals surface area contributed by atoms with Gasteiger partial charge >= 0.3 is 5.97 Å². The van der Waals surface area contributed by atoms with Gasteiger partial charge in [-0.2, -0.15) is 8.78 Å². The summed E-state index contributed by atoms with van der Waals surface area (Å²) < 4.78 is 115. The van der Waals surface area contributed by atoms with E-state index in [2.05, 4.69) is 27.3 Å². The summed E-state index contributed by atoms with van der Waals surface area (Å²) in [4.78, 5) is 11.6. The van der Waals surface area contributed by atoms with Crippen molar-refractivity contribution in [1.82, 2.24) is 0 Å². The lowest BCUT2D eigenvalue weighted by Crippen LogP contribution is -2.16. The van der Waals surface area contributed by atoms with E-state index in [1.807, 2.05) is 0 Å². The Morgan fingerprint density at radius 3 is 1.11 bits per heavy atom. The number of rotatable bonds is 31. The summed E-state index contributed by atoms with van der Waals surface area (Å²) >= 11 is 2.40. The van der Waals surface area contributed by atoms with Crippen LogP contribution in [0.15, 0.2) is 0 Å². The second-order valence-electron chi connectivity index (χ2n) is 9.13. The fourth-order valence-corrected chi connectivity index (χ4v) is 3.83. The van der Waals surface area contributed by atoms with Gasteiger partial charge in [-0.25, -0.2) is 13.2 Å². The number of hydrogen-bond donors (Lipinski definition) is 0. The van der Waals surface area contributed by atoms with E-state index in [1.54, 1.807) is 0 Å². The molecule has 16 heteroatoms. The van der Waals surface area contributed by atoms with Gasteiger partial charge in [0.2, 0.25) is 34.8 Å². The number of halogens is 6. The topological polar surface area (TPSA) is 100 Å². The molecule has 0 aliphatic rings. The number of carbonyl (C=O) groups is 1. The van der Waals surface area contributed by atoms with E-state index in [0.717, 1.165) is 13.0 Å². The predicted molar refractivity (Wildman–Crippen MR) is 160 cm³/mol. The van der Waals surface area contributed by atoms with Crippen molar-refractivity contribution in [3.05, 3.63) is 29.1 Å². The van der Waals surface area contributed by atoms with Gasteiger partial charge in [0.05, 0.1) is 106 Å². The first-order valence-electron chi connectivity index (χ1n) is 14.8. The zero-order valence-electron chi connectivity index (χ0n) is 25.4. The molecule has 0 atom stereocenters. The molecule has 0 aliphatic heterocycles. The molecule has 0 spiro atoms. The Labute approximate surface area is 274 Å². The molecule has 0 radical (unpaired) electrons. The van der Waals surface area contributed by atoms with Crippen LogP contribution in [0.2, 0.25) is 0 Å². The first-order chi connectivity index (χ1) is 21.9. The van der Waals surface area contributed by atoms with Crippen LogP contribution in [0.1, 0.15) is 32.1 Å². The Morgan fingerprint density at radius 2 is 0.733 bits per heavy atom. The molecule has 0 fully saturated rings. The van der Waals surface area contributed by atoms with Crippen molar-refractivity contribution >= 4 is 28.6 Å². The molecule has 1 aromatic rings. The van der Waals surface area contributed by atoms with Crippen LogP contribution in [0.4, 0.5) is 22.0 Å². The van der Waals surface area contributed by atoms with Gasteiger partial charge in [-0.05, 0) is 17.3 Å². The quantitative estimate of drug-likeness (QED) is 0.0153. The van der Waals surface area contributed by atoms with E-state index in [4.69, 9.17) is 37.9 Å². The molecule has 0 bridgehead atoms. The minimum absolute atomic E-state index is 0.0896. The molecular formula is C29H44F5IO10. The maximum atomic E-state index is 13.5. The maximum Gasteiger partial charge on any atom is 0.313 e. The molecule has 0 heterocycles. The van der Waals surface area contributed by atoms with Gasteiger partial charge in [0.1, 0.15) is 0 Å². The Hall–Kier alpha value is -1.25. The first-order valence-corrected chi connectivity index (χ1v) is 16.3. The predicted octanol–water partition coefficient (Wildman–Crippen LogP) is 4.81. The summed E-state index contributed by atoms with van der Waals surface area (Å²) in [6.45, 7) is 6.19. The monoisotopic (exact) mass is 774 g/mol. The summed E-state index contributed by atoms with van der Waals surface area (Å²) in [5.74, 6) is -14.1. The second-order valence-corrected chi connectivity index (χ2v) is 10.2. The SMILES string of the molecule is O=C(CCOCCOCCOCCOCCOCCOCCOCCOCCCCCCI)Oc1c(F)c(F)c(F)c(F)c1F. The van der Waals surface area contributed by atoms with Crippen molar-refractivity contribution in [1.29, 1.82) is 0 Å². The fraction of sp³-hybridized carbons (Fsp3) is 0.759. The van der Waals surface area contributed by atoms with Crippen LogP contribution in [0, 0.1) is 29.1 Å². The maximum absolute atomic E-state index is 13.5. The number of unbranched alkanes of at least 4 members (excludes halogenated alkanes) is 3. The number of benzene rings is 1. The third-order valence-corrected chi connectivity index (χ3v) is 6.38. The molecule has 0 aliphatic carbocycles. The Morgan fingerprint density at radius 1 is 0.422 bits per heavy atom. The highest BCUT2D eigenvalue weighted by atomic mass is 127. The van der Waals surface area contributed by atoms with Gasteiger partial charge in [0, 0.05) is 6.61 Å². The van der Waals surface area contributed by atoms with Crippen molar-refractivity contribution in [3.8, 4) is 5.75 Å². The molecule has 0 unspecified atom stereocenters. The minimum Gasteiger partial charge on any atom is -0.420 e. The smallest absolute Gasteiger partial charge is 0.313 e. The average Bonchev–Trinajstić information content (AvgIpc) is 3.04. The molecule has 262 valence electrons. The van der Waals surface area contributed by atoms with Gasteiger partial charge in [-0.15, -0.1) is 0 Å². The van der Waals surface area contributed by atoms with E-state index < -0.39 is 47.2 Å². The van der Waals surface area contributed by atoms with Crippen LogP contribution < -0.4 is 4.74 Å². The van der Waals surface area contributed by atoms with Crippen LogP contribution in [-0.2, 0) is 42.7 Å². The standard InChI is InChI=1S/C29H44F5IO10/c30-24-25(31)27(33)29(28(34)26(24)32)45-23(36)5-8-38-10-12-40-14-16-42-18-20-44-22-21-43-19-17-41-15-13-39-11-9-37-7-4-2-1-3-6-35/h1-22H2. The highest BCUT2D eigenvalue weighted by Gasteiger charge is 2.28. The van der Waals surface area contributed by atoms with Crippen molar-refractivity contribution in [2.45, 2.75) is 32.1 Å². The van der Waals surface area contributed by atoms with E-state index in [1.165, 1.54) is 23.7 Å². The van der Waals surface area contributed by atoms with Crippen LogP contribution >= 0.6 is 22.6 Å². The number of ether oxygens (including phenoxy) is 9. The molecule has 0 N–H and O–H groups in total. The van der Waals surface area contributed by atoms with E-state index >= 15 is 0 Å². The van der Waals surface area contributed by atoms with E-state index in [9.17, 15) is 26.7 Å². The molecule has 45 heavy (non-hydrogen) atoms. The average molecular weight is 775 g/mol. The molecule has 0 saturated carbocycles. The largest absolute Gasteiger partial charge is 0.420 e. The number of hydrogen-bond acceptors (Lipinski definition) is 10. The van der Waals surface area contributed by atoms with Crippen molar-refractivity contribution in [3.63, 3.8) is 0 Å². The van der Waals surface area contributed by atoms with Gasteiger partial charge < -0.3 is 42.6 Å². The van der Waals surface area contributed by atoms with Crippen LogP contribution in [0.25, 0.3) is 0 Å². The molecular weight excluding hydrogens is 730 g/mol. The molecule has 1 rings (SSSR count). The summed E-state index contributed by atoms with van der Waals surface area (Å²) in [5.41, 5.74) is 0. The third-order valence-electron chi connectivity index (χ3n) is 5.61. The van der Waals surface area contributed by atoms with Crippen molar-refractivity contribution < 1.29 is 69.4 Å². The van der Waals surface area contributed by atoms with E-state index in [-0.39, 0.29) is 26.4 Å². The van der Waals surface area contributed by atoms with Crippen LogP contribution in [0.5, 0.6) is 5.75 Å². The fourth-order valence-electron chi connectivity index (χ4n) is 3.29. The third kappa shape index (κ3) is 21.3. The molecule has 0 aromatic heterocycles. The van der Waals surface area contributed by atoms with Gasteiger partial charge in [-0.1, -0.05) is 35.4 Å². The summed E-state index contributed by atoms with van der Waals surface area (Å²) in [6, 6.07) is 0. The second kappa shape index (κ2) is 28.9. The Bertz CT molecular complexity index is 875. The normalized spacial score (nSPS) is 11.4. The molecule has 0 saturated heterocycles. The lowest BCUT2D eigenvalue weighted by Gasteiger charge is -2.09.